The fourth-order valence-corrected chi connectivity index (χ4v) is 3.61. The second kappa shape index (κ2) is 6.86. The molecular weight excluding hydrogens is 320 g/mol. The van der Waals surface area contributed by atoms with Crippen molar-refractivity contribution in [2.75, 3.05) is 44.3 Å². The minimum Gasteiger partial charge on any atom is -0.376 e. The third-order valence-corrected chi connectivity index (χ3v) is 4.85. The minimum atomic E-state index is 0.207. The van der Waals surface area contributed by atoms with Crippen LogP contribution in [-0.4, -0.2) is 76.2 Å². The normalized spacial score (nSPS) is 25.6. The van der Waals surface area contributed by atoms with Gasteiger partial charge in [0.1, 0.15) is 11.6 Å². The van der Waals surface area contributed by atoms with Crippen LogP contribution >= 0.6 is 0 Å². The van der Waals surface area contributed by atoms with Crippen molar-refractivity contribution in [1.29, 1.82) is 0 Å². The molecule has 4 rings (SSSR count). The van der Waals surface area contributed by atoms with Gasteiger partial charge >= 0.3 is 0 Å². The summed E-state index contributed by atoms with van der Waals surface area (Å²) in [5, 5.41) is 5.40. The summed E-state index contributed by atoms with van der Waals surface area (Å²) >= 11 is 0. The van der Waals surface area contributed by atoms with E-state index in [1.807, 2.05) is 17.9 Å². The third kappa shape index (κ3) is 3.47. The summed E-state index contributed by atoms with van der Waals surface area (Å²) in [4.78, 5) is 14.3. The first-order valence-electron chi connectivity index (χ1n) is 8.99. The predicted octanol–water partition coefficient (Wildman–Crippen LogP) is 0.809. The minimum absolute atomic E-state index is 0.207. The van der Waals surface area contributed by atoms with Gasteiger partial charge in [-0.15, -0.1) is 0 Å². The second-order valence-corrected chi connectivity index (χ2v) is 7.01. The molecule has 2 aliphatic heterocycles. The lowest BCUT2D eigenvalue weighted by molar-refractivity contribution is -0.0219. The molecule has 2 aromatic rings. The first-order valence-corrected chi connectivity index (χ1v) is 8.99. The number of hydrogen-bond acceptors (Lipinski definition) is 7. The van der Waals surface area contributed by atoms with Crippen LogP contribution in [0.4, 0.5) is 5.82 Å². The van der Waals surface area contributed by atoms with Gasteiger partial charge in [-0.2, -0.15) is 5.10 Å². The van der Waals surface area contributed by atoms with Crippen LogP contribution in [0, 0.1) is 0 Å². The molecule has 25 heavy (non-hydrogen) atoms. The molecule has 0 bridgehead atoms. The number of fused-ring (bicyclic) bond motifs is 1. The summed E-state index contributed by atoms with van der Waals surface area (Å²) in [6.07, 6.45) is 2.33. The molecule has 2 aliphatic rings. The highest BCUT2D eigenvalue weighted by atomic mass is 16.5. The van der Waals surface area contributed by atoms with Gasteiger partial charge in [0.05, 0.1) is 43.5 Å². The zero-order valence-electron chi connectivity index (χ0n) is 15.2. The van der Waals surface area contributed by atoms with Crippen LogP contribution in [0.2, 0.25) is 0 Å². The fraction of sp³-hybridized carbons (Fsp3) is 0.706. The molecule has 0 spiro atoms. The molecule has 2 fully saturated rings. The highest BCUT2D eigenvalue weighted by Crippen LogP contribution is 2.25. The monoisotopic (exact) mass is 346 g/mol. The largest absolute Gasteiger partial charge is 0.376 e. The van der Waals surface area contributed by atoms with Crippen LogP contribution in [0.3, 0.4) is 0 Å². The van der Waals surface area contributed by atoms with Gasteiger partial charge in [0.2, 0.25) is 0 Å². The maximum Gasteiger partial charge on any atom is 0.163 e. The molecule has 0 unspecified atom stereocenters. The molecule has 2 atom stereocenters. The van der Waals surface area contributed by atoms with Gasteiger partial charge in [-0.25, -0.2) is 9.97 Å². The van der Waals surface area contributed by atoms with E-state index in [4.69, 9.17) is 19.4 Å². The lowest BCUT2D eigenvalue weighted by atomic mass is 10.2. The molecule has 8 heteroatoms. The van der Waals surface area contributed by atoms with Crippen molar-refractivity contribution in [2.24, 2.45) is 7.05 Å². The zero-order valence-corrected chi connectivity index (χ0v) is 15.2. The molecule has 0 amide bonds. The average molecular weight is 346 g/mol. The fourth-order valence-electron chi connectivity index (χ4n) is 3.61. The number of hydrogen-bond donors (Lipinski definition) is 0. The lowest BCUT2D eigenvalue weighted by Gasteiger charge is -2.33. The highest BCUT2D eigenvalue weighted by molar-refractivity contribution is 5.87. The summed E-state index contributed by atoms with van der Waals surface area (Å²) in [7, 11) is 1.93. The molecule has 8 nitrogen and oxygen atoms in total. The van der Waals surface area contributed by atoms with Gasteiger partial charge in [0.25, 0.3) is 0 Å². The summed E-state index contributed by atoms with van der Waals surface area (Å²) in [5.74, 6) is 1.82. The Morgan fingerprint density at radius 2 is 1.84 bits per heavy atom. The molecule has 136 valence electrons. The molecule has 0 N–H and O–H groups in total. The Morgan fingerprint density at radius 3 is 2.60 bits per heavy atom. The van der Waals surface area contributed by atoms with Crippen LogP contribution in [0.5, 0.6) is 0 Å². The van der Waals surface area contributed by atoms with Crippen LogP contribution in [0.1, 0.15) is 19.7 Å². The summed E-state index contributed by atoms with van der Waals surface area (Å²) in [6, 6.07) is 0. The van der Waals surface area contributed by atoms with E-state index in [-0.39, 0.29) is 12.2 Å². The van der Waals surface area contributed by atoms with Crippen LogP contribution in [0.25, 0.3) is 11.0 Å². The topological polar surface area (TPSA) is 68.5 Å². The van der Waals surface area contributed by atoms with Crippen LogP contribution in [0.15, 0.2) is 6.20 Å². The van der Waals surface area contributed by atoms with Crippen LogP contribution < -0.4 is 4.90 Å². The number of aryl methyl sites for hydroxylation is 1. The number of aromatic nitrogens is 4. The van der Waals surface area contributed by atoms with Gasteiger partial charge in [-0.1, -0.05) is 0 Å². The first-order chi connectivity index (χ1) is 12.1. The van der Waals surface area contributed by atoms with Crippen molar-refractivity contribution in [1.82, 2.24) is 24.6 Å². The summed E-state index contributed by atoms with van der Waals surface area (Å²) in [6.45, 7) is 9.96. The van der Waals surface area contributed by atoms with Gasteiger partial charge in [0, 0.05) is 33.2 Å². The number of morpholine rings is 2. The zero-order chi connectivity index (χ0) is 17.4. The van der Waals surface area contributed by atoms with Crippen molar-refractivity contribution in [2.45, 2.75) is 32.6 Å². The van der Waals surface area contributed by atoms with E-state index in [0.29, 0.717) is 0 Å². The van der Waals surface area contributed by atoms with E-state index in [2.05, 4.69) is 28.7 Å². The van der Waals surface area contributed by atoms with E-state index in [9.17, 15) is 0 Å². The van der Waals surface area contributed by atoms with E-state index in [0.717, 1.165) is 68.6 Å². The Kier molecular flexibility index (Phi) is 4.58. The Labute approximate surface area is 147 Å². The van der Waals surface area contributed by atoms with E-state index in [1.165, 1.54) is 0 Å². The van der Waals surface area contributed by atoms with Crippen molar-refractivity contribution < 1.29 is 9.47 Å². The quantitative estimate of drug-likeness (QED) is 0.814. The van der Waals surface area contributed by atoms with Crippen molar-refractivity contribution in [3.05, 3.63) is 12.0 Å². The smallest absolute Gasteiger partial charge is 0.163 e. The van der Waals surface area contributed by atoms with Gasteiger partial charge in [0.15, 0.2) is 5.65 Å². The van der Waals surface area contributed by atoms with Gasteiger partial charge in [-0.3, -0.25) is 9.58 Å². The van der Waals surface area contributed by atoms with E-state index in [1.54, 1.807) is 0 Å². The Morgan fingerprint density at radius 1 is 1.08 bits per heavy atom. The average Bonchev–Trinajstić information content (AvgIpc) is 2.96. The molecule has 2 saturated heterocycles. The maximum absolute atomic E-state index is 5.68. The first kappa shape index (κ1) is 16.7. The van der Waals surface area contributed by atoms with Crippen molar-refractivity contribution >= 4 is 16.9 Å². The van der Waals surface area contributed by atoms with Crippen LogP contribution in [-0.2, 0) is 23.1 Å². The van der Waals surface area contributed by atoms with Crippen molar-refractivity contribution in [3.8, 4) is 0 Å². The lowest BCUT2D eigenvalue weighted by Crippen LogP contribution is -2.42. The molecule has 0 radical (unpaired) electrons. The number of ether oxygens (including phenoxy) is 2. The molecule has 0 aliphatic carbocycles. The van der Waals surface area contributed by atoms with Gasteiger partial charge < -0.3 is 14.4 Å². The van der Waals surface area contributed by atoms with Crippen molar-refractivity contribution in [3.63, 3.8) is 0 Å². The standard InChI is InChI=1S/C17H26N6O2/c1-12-9-22(4-6-24-12)11-15-19-16-14(8-18-21(16)3)17(20-15)23-5-7-25-13(2)10-23/h8,12-13H,4-7,9-11H2,1-3H3/t12-,13+/m1/s1. The molecule has 0 aromatic carbocycles. The molecule has 0 saturated carbocycles. The SMILES string of the molecule is C[C@@H]1CN(Cc2nc(N3CCO[C@@H](C)C3)c3cnn(C)c3n2)CCO1. The summed E-state index contributed by atoms with van der Waals surface area (Å²) in [5.41, 5.74) is 0.889. The predicted molar refractivity (Wildman–Crippen MR) is 94.6 cm³/mol. The Balaban J connectivity index is 1.66. The van der Waals surface area contributed by atoms with E-state index >= 15 is 0 Å². The highest BCUT2D eigenvalue weighted by Gasteiger charge is 2.24. The molecule has 2 aromatic heterocycles. The Hall–Kier alpha value is -1.77. The third-order valence-electron chi connectivity index (χ3n) is 4.85. The number of anilines is 1. The molecule has 4 heterocycles. The molecular formula is C17H26N6O2. The number of rotatable bonds is 3. The van der Waals surface area contributed by atoms with E-state index < -0.39 is 0 Å². The second-order valence-electron chi connectivity index (χ2n) is 7.01. The maximum atomic E-state index is 5.68. The number of nitrogens with zero attached hydrogens (tertiary/aromatic N) is 6. The summed E-state index contributed by atoms with van der Waals surface area (Å²) < 4.78 is 13.1. The van der Waals surface area contributed by atoms with Gasteiger partial charge in [-0.05, 0) is 13.8 Å². The Bertz CT molecular complexity index is 748.